The second-order valence-electron chi connectivity index (χ2n) is 7.20. The van der Waals surface area contributed by atoms with Crippen molar-refractivity contribution in [2.45, 2.75) is 25.4 Å². The molecule has 2 aromatic rings. The SMILES string of the molecule is COc1cc(C(=O)OC(C(=O)N2CCCCC2)c2ccccc2)ccc1OCC(N)=O. The van der Waals surface area contributed by atoms with Crippen molar-refractivity contribution < 1.29 is 28.6 Å². The molecule has 31 heavy (non-hydrogen) atoms. The number of rotatable bonds is 8. The molecule has 2 N–H and O–H groups in total. The van der Waals surface area contributed by atoms with Crippen molar-refractivity contribution in [1.82, 2.24) is 4.90 Å². The van der Waals surface area contributed by atoms with Crippen LogP contribution < -0.4 is 15.2 Å². The molecule has 1 aliphatic heterocycles. The number of amides is 2. The third kappa shape index (κ3) is 5.75. The van der Waals surface area contributed by atoms with Gasteiger partial charge in [0.1, 0.15) is 0 Å². The Bertz CT molecular complexity index is 925. The molecule has 8 heteroatoms. The number of ether oxygens (including phenoxy) is 3. The summed E-state index contributed by atoms with van der Waals surface area (Å²) < 4.78 is 16.2. The number of hydrogen-bond acceptors (Lipinski definition) is 6. The summed E-state index contributed by atoms with van der Waals surface area (Å²) in [6, 6.07) is 13.4. The molecule has 0 aromatic heterocycles. The molecule has 1 aliphatic rings. The van der Waals surface area contributed by atoms with E-state index in [-0.39, 0.29) is 29.6 Å². The van der Waals surface area contributed by atoms with Gasteiger partial charge in [-0.3, -0.25) is 9.59 Å². The molecule has 1 saturated heterocycles. The summed E-state index contributed by atoms with van der Waals surface area (Å²) in [4.78, 5) is 38.7. The van der Waals surface area contributed by atoms with Gasteiger partial charge in [0, 0.05) is 18.7 Å². The van der Waals surface area contributed by atoms with Crippen LogP contribution in [0.2, 0.25) is 0 Å². The van der Waals surface area contributed by atoms with Gasteiger partial charge in [-0.25, -0.2) is 4.79 Å². The van der Waals surface area contributed by atoms with E-state index in [2.05, 4.69) is 0 Å². The van der Waals surface area contributed by atoms with Crippen molar-refractivity contribution in [2.75, 3.05) is 26.8 Å². The fourth-order valence-electron chi connectivity index (χ4n) is 3.41. The van der Waals surface area contributed by atoms with Crippen LogP contribution in [0.25, 0.3) is 0 Å². The summed E-state index contributed by atoms with van der Waals surface area (Å²) in [5, 5.41) is 0. The fourth-order valence-corrected chi connectivity index (χ4v) is 3.41. The Morgan fingerprint density at radius 3 is 2.35 bits per heavy atom. The zero-order valence-electron chi connectivity index (χ0n) is 17.4. The smallest absolute Gasteiger partial charge is 0.339 e. The Morgan fingerprint density at radius 1 is 1.00 bits per heavy atom. The quantitative estimate of drug-likeness (QED) is 0.650. The second kappa shape index (κ2) is 10.5. The van der Waals surface area contributed by atoms with E-state index in [0.717, 1.165) is 19.3 Å². The van der Waals surface area contributed by atoms with Gasteiger partial charge in [0.2, 0.25) is 6.10 Å². The monoisotopic (exact) mass is 426 g/mol. The van der Waals surface area contributed by atoms with Crippen molar-refractivity contribution in [2.24, 2.45) is 5.73 Å². The number of esters is 1. The number of likely N-dealkylation sites (tertiary alicyclic amines) is 1. The lowest BCUT2D eigenvalue weighted by molar-refractivity contribution is -0.142. The van der Waals surface area contributed by atoms with Gasteiger partial charge in [-0.05, 0) is 37.5 Å². The van der Waals surface area contributed by atoms with Gasteiger partial charge < -0.3 is 24.8 Å². The predicted molar refractivity (Wildman–Crippen MR) is 113 cm³/mol. The number of primary amides is 1. The Morgan fingerprint density at radius 2 is 1.71 bits per heavy atom. The average molecular weight is 426 g/mol. The van der Waals surface area contributed by atoms with E-state index in [0.29, 0.717) is 18.7 Å². The standard InChI is InChI=1S/C23H26N2O6/c1-29-19-14-17(10-11-18(19)30-15-20(24)26)23(28)31-21(16-8-4-2-5-9-16)22(27)25-12-6-3-7-13-25/h2,4-5,8-11,14,21H,3,6-7,12-13,15H2,1H3,(H2,24,26). The van der Waals surface area contributed by atoms with Crippen molar-refractivity contribution >= 4 is 17.8 Å². The third-order valence-electron chi connectivity index (χ3n) is 4.99. The minimum atomic E-state index is -1.04. The van der Waals surface area contributed by atoms with Crippen molar-refractivity contribution in [1.29, 1.82) is 0 Å². The van der Waals surface area contributed by atoms with Gasteiger partial charge in [0.05, 0.1) is 12.7 Å². The van der Waals surface area contributed by atoms with Crippen molar-refractivity contribution in [3.63, 3.8) is 0 Å². The summed E-state index contributed by atoms with van der Waals surface area (Å²) in [6.45, 7) is 0.986. The normalized spacial score (nSPS) is 14.4. The Balaban J connectivity index is 1.81. The highest BCUT2D eigenvalue weighted by Gasteiger charge is 2.30. The van der Waals surface area contributed by atoms with E-state index in [1.54, 1.807) is 29.2 Å². The van der Waals surface area contributed by atoms with Gasteiger partial charge in [-0.1, -0.05) is 30.3 Å². The van der Waals surface area contributed by atoms with Crippen LogP contribution in [0.3, 0.4) is 0 Å². The zero-order chi connectivity index (χ0) is 22.2. The van der Waals surface area contributed by atoms with E-state index < -0.39 is 18.0 Å². The van der Waals surface area contributed by atoms with E-state index in [1.165, 1.54) is 25.3 Å². The van der Waals surface area contributed by atoms with E-state index in [4.69, 9.17) is 19.9 Å². The molecule has 0 spiro atoms. The summed E-state index contributed by atoms with van der Waals surface area (Å²) in [5.41, 5.74) is 5.90. The van der Waals surface area contributed by atoms with Gasteiger partial charge in [-0.2, -0.15) is 0 Å². The minimum absolute atomic E-state index is 0.190. The molecule has 2 amide bonds. The maximum Gasteiger partial charge on any atom is 0.339 e. The van der Waals surface area contributed by atoms with Crippen LogP contribution in [0.5, 0.6) is 11.5 Å². The summed E-state index contributed by atoms with van der Waals surface area (Å²) in [5.74, 6) is -1.02. The topological polar surface area (TPSA) is 108 Å². The molecule has 0 aliphatic carbocycles. The number of carbonyl (C=O) groups is 3. The largest absolute Gasteiger partial charge is 0.493 e. The van der Waals surface area contributed by atoms with Crippen molar-refractivity contribution in [3.8, 4) is 11.5 Å². The van der Waals surface area contributed by atoms with Crippen LogP contribution in [0.1, 0.15) is 41.3 Å². The fraction of sp³-hybridized carbons (Fsp3) is 0.348. The average Bonchev–Trinajstić information content (AvgIpc) is 2.81. The first-order chi connectivity index (χ1) is 15.0. The second-order valence-corrected chi connectivity index (χ2v) is 7.20. The maximum absolute atomic E-state index is 13.2. The number of nitrogens with two attached hydrogens (primary N) is 1. The van der Waals surface area contributed by atoms with Gasteiger partial charge in [-0.15, -0.1) is 0 Å². The number of hydrogen-bond donors (Lipinski definition) is 1. The molecular formula is C23H26N2O6. The number of carbonyl (C=O) groups excluding carboxylic acids is 3. The highest BCUT2D eigenvalue weighted by atomic mass is 16.5. The number of methoxy groups -OCH3 is 1. The lowest BCUT2D eigenvalue weighted by Gasteiger charge is -2.30. The van der Waals surface area contributed by atoms with E-state index in [1.807, 2.05) is 6.07 Å². The van der Waals surface area contributed by atoms with E-state index in [9.17, 15) is 14.4 Å². The lowest BCUT2D eigenvalue weighted by atomic mass is 10.1. The van der Waals surface area contributed by atoms with Crippen molar-refractivity contribution in [3.05, 3.63) is 59.7 Å². The number of benzene rings is 2. The first-order valence-electron chi connectivity index (χ1n) is 10.1. The number of piperidine rings is 1. The molecule has 2 aromatic carbocycles. The highest BCUT2D eigenvalue weighted by Crippen LogP contribution is 2.30. The highest BCUT2D eigenvalue weighted by molar-refractivity contribution is 5.93. The van der Waals surface area contributed by atoms with Gasteiger partial charge >= 0.3 is 5.97 Å². The van der Waals surface area contributed by atoms with Crippen LogP contribution in [-0.4, -0.2) is 49.5 Å². The lowest BCUT2D eigenvalue weighted by Crippen LogP contribution is -2.40. The maximum atomic E-state index is 13.2. The van der Waals surface area contributed by atoms with E-state index >= 15 is 0 Å². The van der Waals surface area contributed by atoms with Crippen LogP contribution in [0, 0.1) is 0 Å². The zero-order valence-corrected chi connectivity index (χ0v) is 17.4. The van der Waals surface area contributed by atoms with Crippen LogP contribution in [0.4, 0.5) is 0 Å². The first kappa shape index (κ1) is 22.1. The molecule has 3 rings (SSSR count). The van der Waals surface area contributed by atoms with Gasteiger partial charge in [0.25, 0.3) is 11.8 Å². The molecule has 0 bridgehead atoms. The molecule has 0 saturated carbocycles. The molecule has 0 radical (unpaired) electrons. The molecular weight excluding hydrogens is 400 g/mol. The summed E-state index contributed by atoms with van der Waals surface area (Å²) in [7, 11) is 1.41. The third-order valence-corrected chi connectivity index (χ3v) is 4.99. The summed E-state index contributed by atoms with van der Waals surface area (Å²) in [6.07, 6.45) is 1.92. The van der Waals surface area contributed by atoms with Crippen LogP contribution in [-0.2, 0) is 14.3 Å². The van der Waals surface area contributed by atoms with Crippen LogP contribution in [0.15, 0.2) is 48.5 Å². The predicted octanol–water partition coefficient (Wildman–Crippen LogP) is 2.47. The molecule has 1 heterocycles. The number of nitrogens with zero attached hydrogens (tertiary/aromatic N) is 1. The molecule has 8 nitrogen and oxygen atoms in total. The molecule has 1 unspecified atom stereocenters. The first-order valence-corrected chi connectivity index (χ1v) is 10.1. The van der Waals surface area contributed by atoms with Crippen LogP contribution >= 0.6 is 0 Å². The molecule has 1 fully saturated rings. The Hall–Kier alpha value is -3.55. The van der Waals surface area contributed by atoms with Gasteiger partial charge in [0.15, 0.2) is 18.1 Å². The Labute approximate surface area is 180 Å². The Kier molecular flexibility index (Phi) is 7.48. The minimum Gasteiger partial charge on any atom is -0.493 e. The summed E-state index contributed by atoms with van der Waals surface area (Å²) >= 11 is 0. The molecule has 164 valence electrons. The molecule has 1 atom stereocenters.